The number of fused-ring (bicyclic) bond motifs is 1. The molecule has 2 atom stereocenters. The summed E-state index contributed by atoms with van der Waals surface area (Å²) in [5.41, 5.74) is 1.98. The van der Waals surface area contributed by atoms with Gasteiger partial charge in [-0.15, -0.1) is 0 Å². The fourth-order valence-corrected chi connectivity index (χ4v) is 2.73. The van der Waals surface area contributed by atoms with Crippen LogP contribution in [0.1, 0.15) is 25.8 Å². The lowest BCUT2D eigenvalue weighted by molar-refractivity contribution is 0.479. The smallest absolute Gasteiger partial charge is 0.128 e. The monoisotopic (exact) mass is 236 g/mol. The van der Waals surface area contributed by atoms with Crippen LogP contribution in [0.25, 0.3) is 0 Å². The van der Waals surface area contributed by atoms with Crippen LogP contribution in [0.4, 0.5) is 10.1 Å². The van der Waals surface area contributed by atoms with E-state index >= 15 is 0 Å². The van der Waals surface area contributed by atoms with Gasteiger partial charge < -0.3 is 10.2 Å². The van der Waals surface area contributed by atoms with Gasteiger partial charge in [0.2, 0.25) is 0 Å². The van der Waals surface area contributed by atoms with Crippen molar-refractivity contribution in [1.29, 1.82) is 0 Å². The zero-order valence-electron chi connectivity index (χ0n) is 10.8. The van der Waals surface area contributed by atoms with Crippen molar-refractivity contribution in [3.63, 3.8) is 0 Å². The first-order chi connectivity index (χ1) is 8.17. The second-order valence-electron chi connectivity index (χ2n) is 4.81. The Balaban J connectivity index is 2.22. The maximum absolute atomic E-state index is 13.8. The van der Waals surface area contributed by atoms with Gasteiger partial charge in [0.05, 0.1) is 0 Å². The molecule has 1 aromatic rings. The van der Waals surface area contributed by atoms with Crippen molar-refractivity contribution >= 4 is 5.69 Å². The van der Waals surface area contributed by atoms with Crippen molar-refractivity contribution in [2.24, 2.45) is 0 Å². The molecule has 1 aliphatic heterocycles. The third-order valence-electron chi connectivity index (χ3n) is 3.74. The van der Waals surface area contributed by atoms with Crippen molar-refractivity contribution in [3.8, 4) is 0 Å². The van der Waals surface area contributed by atoms with Crippen LogP contribution in [0.3, 0.4) is 0 Å². The van der Waals surface area contributed by atoms with Gasteiger partial charge in [-0.3, -0.25) is 0 Å². The summed E-state index contributed by atoms with van der Waals surface area (Å²) >= 11 is 0. The zero-order valence-corrected chi connectivity index (χ0v) is 10.8. The van der Waals surface area contributed by atoms with Crippen molar-refractivity contribution in [2.45, 2.75) is 38.8 Å². The van der Waals surface area contributed by atoms with Crippen LogP contribution in [0, 0.1) is 5.82 Å². The molecule has 0 bridgehead atoms. The highest BCUT2D eigenvalue weighted by Crippen LogP contribution is 2.35. The first kappa shape index (κ1) is 12.4. The predicted molar refractivity (Wildman–Crippen MR) is 70.1 cm³/mol. The molecule has 1 heterocycles. The summed E-state index contributed by atoms with van der Waals surface area (Å²) in [4.78, 5) is 2.33. The van der Waals surface area contributed by atoms with Crippen LogP contribution < -0.4 is 10.2 Å². The Morgan fingerprint density at radius 3 is 2.94 bits per heavy atom. The molecule has 17 heavy (non-hydrogen) atoms. The second-order valence-corrected chi connectivity index (χ2v) is 4.81. The van der Waals surface area contributed by atoms with Crippen molar-refractivity contribution in [2.75, 3.05) is 18.5 Å². The Morgan fingerprint density at radius 1 is 1.53 bits per heavy atom. The summed E-state index contributed by atoms with van der Waals surface area (Å²) in [6, 6.07) is 6.30. The standard InChI is InChI=1S/C14H21FN2/c1-4-17-11(8-10(2)16-3)9-12-13(15)6-5-7-14(12)17/h5-7,10-11,16H,4,8-9H2,1-3H3. The van der Waals surface area contributed by atoms with Crippen LogP contribution >= 0.6 is 0 Å². The van der Waals surface area contributed by atoms with Crippen LogP contribution in [-0.2, 0) is 6.42 Å². The molecule has 0 fully saturated rings. The Morgan fingerprint density at radius 2 is 2.29 bits per heavy atom. The summed E-state index contributed by atoms with van der Waals surface area (Å²) in [7, 11) is 1.98. The van der Waals surface area contributed by atoms with E-state index in [1.54, 1.807) is 12.1 Å². The quantitative estimate of drug-likeness (QED) is 0.864. The van der Waals surface area contributed by atoms with E-state index in [1.807, 2.05) is 13.1 Å². The van der Waals surface area contributed by atoms with E-state index < -0.39 is 0 Å². The molecule has 1 aromatic carbocycles. The summed E-state index contributed by atoms with van der Waals surface area (Å²) in [6.45, 7) is 5.25. The molecule has 0 aromatic heterocycles. The van der Waals surface area contributed by atoms with Crippen molar-refractivity contribution in [1.82, 2.24) is 5.32 Å². The molecular weight excluding hydrogens is 215 g/mol. The highest BCUT2D eigenvalue weighted by molar-refractivity contribution is 5.59. The Bertz CT molecular complexity index is 392. The molecule has 0 saturated carbocycles. The first-order valence-corrected chi connectivity index (χ1v) is 6.38. The molecule has 0 amide bonds. The van der Waals surface area contributed by atoms with Gasteiger partial charge in [0.15, 0.2) is 0 Å². The number of halogens is 1. The molecule has 2 rings (SSSR count). The van der Waals surface area contributed by atoms with Gasteiger partial charge in [0, 0.05) is 29.9 Å². The average molecular weight is 236 g/mol. The van der Waals surface area contributed by atoms with E-state index in [2.05, 4.69) is 24.1 Å². The molecule has 0 spiro atoms. The van der Waals surface area contributed by atoms with E-state index in [4.69, 9.17) is 0 Å². The number of likely N-dealkylation sites (N-methyl/N-ethyl adjacent to an activating group) is 1. The Kier molecular flexibility index (Phi) is 3.67. The molecule has 2 nitrogen and oxygen atoms in total. The number of hydrogen-bond acceptors (Lipinski definition) is 2. The number of hydrogen-bond donors (Lipinski definition) is 1. The topological polar surface area (TPSA) is 15.3 Å². The van der Waals surface area contributed by atoms with Crippen LogP contribution in [0.2, 0.25) is 0 Å². The number of nitrogens with one attached hydrogen (secondary N) is 1. The summed E-state index contributed by atoms with van der Waals surface area (Å²) in [5.74, 6) is -0.0550. The van der Waals surface area contributed by atoms with Crippen LogP contribution in [-0.4, -0.2) is 25.7 Å². The highest BCUT2D eigenvalue weighted by atomic mass is 19.1. The van der Waals surface area contributed by atoms with E-state index in [1.165, 1.54) is 0 Å². The van der Waals surface area contributed by atoms with Crippen LogP contribution in [0.5, 0.6) is 0 Å². The lowest BCUT2D eigenvalue weighted by Gasteiger charge is -2.28. The van der Waals surface area contributed by atoms with Gasteiger partial charge in [-0.1, -0.05) is 6.07 Å². The maximum Gasteiger partial charge on any atom is 0.128 e. The van der Waals surface area contributed by atoms with Gasteiger partial charge in [0.1, 0.15) is 5.82 Å². The van der Waals surface area contributed by atoms with E-state index in [0.717, 1.165) is 30.6 Å². The first-order valence-electron chi connectivity index (χ1n) is 6.38. The van der Waals surface area contributed by atoms with Crippen molar-refractivity contribution < 1.29 is 4.39 Å². The third-order valence-corrected chi connectivity index (χ3v) is 3.74. The molecule has 1 aliphatic rings. The molecule has 94 valence electrons. The highest BCUT2D eigenvalue weighted by Gasteiger charge is 2.30. The number of benzene rings is 1. The second kappa shape index (κ2) is 5.05. The molecule has 0 saturated heterocycles. The van der Waals surface area contributed by atoms with E-state index in [-0.39, 0.29) is 5.82 Å². The predicted octanol–water partition coefficient (Wildman–Crippen LogP) is 2.57. The number of anilines is 1. The Labute approximate surface area is 103 Å². The molecule has 0 aliphatic carbocycles. The minimum atomic E-state index is -0.0550. The van der Waals surface area contributed by atoms with Gasteiger partial charge in [-0.25, -0.2) is 4.39 Å². The largest absolute Gasteiger partial charge is 0.368 e. The number of rotatable bonds is 4. The summed E-state index contributed by atoms with van der Waals surface area (Å²) < 4.78 is 13.8. The van der Waals surface area contributed by atoms with E-state index in [0.29, 0.717) is 12.1 Å². The fraction of sp³-hybridized carbons (Fsp3) is 0.571. The SMILES string of the molecule is CCN1c2cccc(F)c2CC1CC(C)NC. The normalized spacial score (nSPS) is 20.5. The minimum absolute atomic E-state index is 0.0550. The maximum atomic E-state index is 13.8. The molecular formula is C14H21FN2. The lowest BCUT2D eigenvalue weighted by atomic mass is 10.0. The number of nitrogens with zero attached hydrogens (tertiary/aromatic N) is 1. The van der Waals surface area contributed by atoms with Crippen LogP contribution in [0.15, 0.2) is 18.2 Å². The molecule has 3 heteroatoms. The third kappa shape index (κ3) is 2.29. The summed E-state index contributed by atoms with van der Waals surface area (Å²) in [5, 5.41) is 3.26. The lowest BCUT2D eigenvalue weighted by Crippen LogP contribution is -2.37. The molecule has 2 unspecified atom stereocenters. The fourth-order valence-electron chi connectivity index (χ4n) is 2.73. The average Bonchev–Trinajstić information content (AvgIpc) is 2.68. The molecule has 0 radical (unpaired) electrons. The van der Waals surface area contributed by atoms with Gasteiger partial charge in [-0.2, -0.15) is 0 Å². The molecule has 1 N–H and O–H groups in total. The van der Waals surface area contributed by atoms with Gasteiger partial charge in [0.25, 0.3) is 0 Å². The van der Waals surface area contributed by atoms with E-state index in [9.17, 15) is 4.39 Å². The zero-order chi connectivity index (χ0) is 12.4. The Hall–Kier alpha value is -1.09. The van der Waals surface area contributed by atoms with Gasteiger partial charge in [-0.05, 0) is 45.9 Å². The van der Waals surface area contributed by atoms with Crippen molar-refractivity contribution in [3.05, 3.63) is 29.6 Å². The summed E-state index contributed by atoms with van der Waals surface area (Å²) in [6.07, 6.45) is 1.89. The minimum Gasteiger partial charge on any atom is -0.368 e. The van der Waals surface area contributed by atoms with Gasteiger partial charge >= 0.3 is 0 Å².